The maximum Gasteiger partial charge on any atom is 0.773 e. The standard InChI is InChI=1S/C18H30O19Si/c19-1-4-7(22)14(27)17(29)18(34-4,37-38(30)36-17)35-13-6(3-21)32-16(11(26)9(13)24)33-12-5(2-20)31-15(28)10(25)8(12)23/h4-16,19-29H,1-3H2/t4-,5-,6-,7-,8-,9-,10-,11-,12-,13-,14+,15+,16?,17-,18?/m1/s1. The number of aliphatic hydroxyl groups excluding tert-OH is 10. The molecule has 0 aromatic heterocycles. The molecule has 0 radical (unpaired) electrons. The fourth-order valence-electron chi connectivity index (χ4n) is 4.61. The third-order valence-electron chi connectivity index (χ3n) is 6.73. The van der Waals surface area contributed by atoms with Crippen LogP contribution in [0.5, 0.6) is 0 Å². The third-order valence-corrected chi connectivity index (χ3v) is 7.64. The molecule has 0 aliphatic carbocycles. The zero-order valence-corrected chi connectivity index (χ0v) is 20.3. The highest BCUT2D eigenvalue weighted by Crippen LogP contribution is 2.47. The van der Waals surface area contributed by atoms with Crippen LogP contribution in [0.2, 0.25) is 0 Å². The second-order valence-corrected chi connectivity index (χ2v) is 10.0. The predicted molar refractivity (Wildman–Crippen MR) is 108 cm³/mol. The number of ether oxygens (including phenoxy) is 5. The number of aliphatic hydroxyl groups is 11. The predicted octanol–water partition coefficient (Wildman–Crippen LogP) is -8.46. The second kappa shape index (κ2) is 11.1. The molecule has 15 atom stereocenters. The molecule has 20 heteroatoms. The fourth-order valence-corrected chi connectivity index (χ4v) is 5.61. The summed E-state index contributed by atoms with van der Waals surface area (Å²) in [6.45, 7) is -2.77. The molecule has 220 valence electrons. The van der Waals surface area contributed by atoms with Gasteiger partial charge in [0.15, 0.2) is 18.7 Å². The Kier molecular flexibility index (Phi) is 8.75. The SMILES string of the molecule is O=[Si]1OC2(O[C@H]3[C@H](O)[C@@H](O)C(O[C@H]4[C@H](O)[C@@H](O)[C@@H](O)O[C@@H]4CO)O[C@@H]3CO)O[C@H](CO)[C@@H](O)[C@H](O)[C@@]2(O)O1. The van der Waals surface area contributed by atoms with E-state index in [4.69, 9.17) is 32.5 Å². The van der Waals surface area contributed by atoms with E-state index in [1.54, 1.807) is 0 Å². The summed E-state index contributed by atoms with van der Waals surface area (Å²) >= 11 is 0. The van der Waals surface area contributed by atoms with Gasteiger partial charge in [-0.3, -0.25) is 4.46 Å². The summed E-state index contributed by atoms with van der Waals surface area (Å²) in [4.78, 5) is 0. The highest BCUT2D eigenvalue weighted by Gasteiger charge is 2.77. The van der Waals surface area contributed by atoms with E-state index < -0.39 is 120 Å². The maximum absolute atomic E-state index is 12.1. The number of hydrogen-bond donors (Lipinski definition) is 11. The second-order valence-electron chi connectivity index (χ2n) is 9.10. The van der Waals surface area contributed by atoms with E-state index in [9.17, 15) is 60.6 Å². The van der Waals surface area contributed by atoms with Gasteiger partial charge in [0.05, 0.1) is 19.8 Å². The molecule has 0 amide bonds. The zero-order valence-electron chi connectivity index (χ0n) is 19.3. The van der Waals surface area contributed by atoms with Crippen molar-refractivity contribution in [3.05, 3.63) is 0 Å². The van der Waals surface area contributed by atoms with Gasteiger partial charge in [-0.05, 0) is 0 Å². The lowest BCUT2D eigenvalue weighted by molar-refractivity contribution is -0.504. The van der Waals surface area contributed by atoms with Crippen LogP contribution < -0.4 is 0 Å². The molecule has 4 rings (SSSR count). The molecule has 4 heterocycles. The Hall–Kier alpha value is -1.02. The largest absolute Gasteiger partial charge is 0.773 e. The maximum atomic E-state index is 12.1. The molecule has 4 fully saturated rings. The summed E-state index contributed by atoms with van der Waals surface area (Å²) in [6.07, 6.45) is -24.4. The van der Waals surface area contributed by atoms with Crippen LogP contribution in [0.3, 0.4) is 0 Å². The molecule has 38 heavy (non-hydrogen) atoms. The Morgan fingerprint density at radius 2 is 1.29 bits per heavy atom. The van der Waals surface area contributed by atoms with E-state index in [-0.39, 0.29) is 0 Å². The Morgan fingerprint density at radius 3 is 1.89 bits per heavy atom. The van der Waals surface area contributed by atoms with E-state index in [1.165, 1.54) is 0 Å². The average Bonchev–Trinajstić information content (AvgIpc) is 3.15. The molecular formula is C18H30O19Si. The van der Waals surface area contributed by atoms with Gasteiger partial charge in [0.1, 0.15) is 61.0 Å². The van der Waals surface area contributed by atoms with Gasteiger partial charge in [0.25, 0.3) is 0 Å². The van der Waals surface area contributed by atoms with Gasteiger partial charge in [-0.15, -0.1) is 0 Å². The number of rotatable bonds is 7. The van der Waals surface area contributed by atoms with Crippen LogP contribution in [0.25, 0.3) is 0 Å². The van der Waals surface area contributed by atoms with Crippen molar-refractivity contribution >= 4 is 9.17 Å². The smallest absolute Gasteiger partial charge is 0.457 e. The molecule has 4 aliphatic heterocycles. The monoisotopic (exact) mass is 578 g/mol. The lowest BCUT2D eigenvalue weighted by Crippen LogP contribution is -2.75. The molecule has 4 saturated heterocycles. The van der Waals surface area contributed by atoms with Crippen LogP contribution in [-0.4, -0.2) is 177 Å². The summed E-state index contributed by atoms with van der Waals surface area (Å²) < 4.78 is 48.3. The van der Waals surface area contributed by atoms with Crippen molar-refractivity contribution in [2.24, 2.45) is 0 Å². The molecule has 0 saturated carbocycles. The van der Waals surface area contributed by atoms with Crippen molar-refractivity contribution in [2.75, 3.05) is 19.8 Å². The highest BCUT2D eigenvalue weighted by molar-refractivity contribution is 6.27. The lowest BCUT2D eigenvalue weighted by atomic mass is 9.93. The molecule has 11 N–H and O–H groups in total. The van der Waals surface area contributed by atoms with E-state index in [2.05, 4.69) is 0 Å². The van der Waals surface area contributed by atoms with Crippen molar-refractivity contribution in [1.29, 1.82) is 0 Å². The highest BCUT2D eigenvalue weighted by atomic mass is 28.3. The number of hydrogen-bond acceptors (Lipinski definition) is 19. The molecule has 0 bridgehead atoms. The van der Waals surface area contributed by atoms with Crippen LogP contribution in [0, 0.1) is 0 Å². The molecular weight excluding hydrogens is 548 g/mol. The Balaban J connectivity index is 1.57. The fraction of sp³-hybridized carbons (Fsp3) is 1.00. The Bertz CT molecular complexity index is 849. The first-order valence-corrected chi connectivity index (χ1v) is 12.6. The van der Waals surface area contributed by atoms with E-state index in [1.807, 2.05) is 0 Å². The van der Waals surface area contributed by atoms with Gasteiger partial charge < -0.3 is 88.7 Å². The average molecular weight is 579 g/mol. The van der Waals surface area contributed by atoms with Crippen molar-refractivity contribution in [3.63, 3.8) is 0 Å². The molecule has 4 aliphatic rings. The van der Waals surface area contributed by atoms with E-state index in [0.717, 1.165) is 0 Å². The van der Waals surface area contributed by atoms with E-state index in [0.29, 0.717) is 0 Å². The molecule has 0 aromatic rings. The first-order valence-electron chi connectivity index (χ1n) is 11.4. The first kappa shape index (κ1) is 29.9. The summed E-state index contributed by atoms with van der Waals surface area (Å²) in [5.74, 6) is -6.25. The summed E-state index contributed by atoms with van der Waals surface area (Å²) in [7, 11) is -3.68. The van der Waals surface area contributed by atoms with Gasteiger partial charge in [-0.25, -0.2) is 0 Å². The molecule has 2 unspecified atom stereocenters. The summed E-state index contributed by atoms with van der Waals surface area (Å²) in [5, 5.41) is 112. The Labute approximate surface area is 214 Å². The normalized spacial score (nSPS) is 53.2. The Morgan fingerprint density at radius 1 is 0.711 bits per heavy atom. The van der Waals surface area contributed by atoms with Gasteiger partial charge in [-0.1, -0.05) is 0 Å². The molecule has 0 spiro atoms. The number of fused-ring (bicyclic) bond motifs is 1. The molecule has 0 aromatic carbocycles. The van der Waals surface area contributed by atoms with Gasteiger partial charge >= 0.3 is 20.9 Å². The molecule has 19 nitrogen and oxygen atoms in total. The minimum Gasteiger partial charge on any atom is -0.457 e. The van der Waals surface area contributed by atoms with Crippen molar-refractivity contribution in [3.8, 4) is 0 Å². The quantitative estimate of drug-likeness (QED) is 0.125. The van der Waals surface area contributed by atoms with Crippen molar-refractivity contribution < 1.29 is 93.2 Å². The van der Waals surface area contributed by atoms with Crippen molar-refractivity contribution in [1.82, 2.24) is 0 Å². The van der Waals surface area contributed by atoms with Crippen molar-refractivity contribution in [2.45, 2.75) is 91.5 Å². The van der Waals surface area contributed by atoms with Crippen LogP contribution in [0.15, 0.2) is 0 Å². The first-order chi connectivity index (χ1) is 17.8. The summed E-state index contributed by atoms with van der Waals surface area (Å²) in [5.41, 5.74) is 0. The van der Waals surface area contributed by atoms with Gasteiger partial charge in [-0.2, -0.15) is 0 Å². The lowest BCUT2D eigenvalue weighted by Gasteiger charge is -2.51. The minimum absolute atomic E-state index is 0.818. The zero-order chi connectivity index (χ0) is 28.2. The van der Waals surface area contributed by atoms with Crippen LogP contribution in [0.4, 0.5) is 0 Å². The minimum atomic E-state index is -3.68. The van der Waals surface area contributed by atoms with Crippen LogP contribution in [-0.2, 0) is 37.0 Å². The van der Waals surface area contributed by atoms with Crippen LogP contribution >= 0.6 is 0 Å². The van der Waals surface area contributed by atoms with Crippen LogP contribution in [0.1, 0.15) is 0 Å². The van der Waals surface area contributed by atoms with E-state index >= 15 is 0 Å². The summed E-state index contributed by atoms with van der Waals surface area (Å²) in [6, 6.07) is 0. The van der Waals surface area contributed by atoms with Gasteiger partial charge in [0.2, 0.25) is 0 Å². The third kappa shape index (κ3) is 4.77. The van der Waals surface area contributed by atoms with Gasteiger partial charge in [0, 0.05) is 0 Å². The topological polar surface area (TPSA) is 304 Å².